The average molecular weight is 666 g/mol. The monoisotopic (exact) mass is 665 g/mol. The molecule has 8 nitrogen and oxygen atoms in total. The fourth-order valence-electron chi connectivity index (χ4n) is 7.95. The van der Waals surface area contributed by atoms with Gasteiger partial charge in [0.1, 0.15) is 11.8 Å². The van der Waals surface area contributed by atoms with Gasteiger partial charge in [0.25, 0.3) is 5.91 Å². The Morgan fingerprint density at radius 3 is 2.23 bits per heavy atom. The minimum Gasteiger partial charge on any atom is -0.497 e. The van der Waals surface area contributed by atoms with Crippen LogP contribution in [-0.4, -0.2) is 81.5 Å². The van der Waals surface area contributed by atoms with Crippen molar-refractivity contribution >= 4 is 35.2 Å². The molecule has 48 heavy (non-hydrogen) atoms. The third kappa shape index (κ3) is 6.05. The summed E-state index contributed by atoms with van der Waals surface area (Å²) in [7, 11) is 1.59. The SMILES string of the molecule is C=CCN(Cc1ccccc1)C(=O)[C@@H]1[C@H]2C(=O)N([C@@H](CO)Cc3ccccc3)C(C(=O)N(CC=C)c3ccc(OC)cc3)C23CC[C@H]1S3. The van der Waals surface area contributed by atoms with Gasteiger partial charge in [0.15, 0.2) is 0 Å². The van der Waals surface area contributed by atoms with E-state index in [4.69, 9.17) is 4.74 Å². The average Bonchev–Trinajstić information content (AvgIpc) is 3.77. The molecule has 6 atom stereocenters. The van der Waals surface area contributed by atoms with Gasteiger partial charge in [-0.3, -0.25) is 14.4 Å². The van der Waals surface area contributed by atoms with Crippen LogP contribution in [0.4, 0.5) is 5.69 Å². The molecule has 0 saturated carbocycles. The van der Waals surface area contributed by atoms with Gasteiger partial charge in [-0.15, -0.1) is 24.9 Å². The number of amides is 3. The molecule has 3 aromatic carbocycles. The van der Waals surface area contributed by atoms with Crippen molar-refractivity contribution in [3.63, 3.8) is 0 Å². The number of anilines is 1. The highest BCUT2D eigenvalue weighted by Gasteiger charge is 2.74. The summed E-state index contributed by atoms with van der Waals surface area (Å²) in [6.45, 7) is 8.49. The summed E-state index contributed by atoms with van der Waals surface area (Å²) >= 11 is 1.63. The zero-order valence-electron chi connectivity index (χ0n) is 27.3. The van der Waals surface area contributed by atoms with Crippen molar-refractivity contribution < 1.29 is 24.2 Å². The number of likely N-dealkylation sites (tertiary alicyclic amines) is 1. The summed E-state index contributed by atoms with van der Waals surface area (Å²) in [5, 5.41) is 10.8. The maximum atomic E-state index is 15.0. The highest BCUT2D eigenvalue weighted by molar-refractivity contribution is 8.02. The highest BCUT2D eigenvalue weighted by atomic mass is 32.2. The lowest BCUT2D eigenvalue weighted by Crippen LogP contribution is -2.58. The number of thioether (sulfide) groups is 1. The van der Waals surface area contributed by atoms with E-state index in [1.165, 1.54) is 0 Å². The fourth-order valence-corrected chi connectivity index (χ4v) is 10.1. The number of nitrogens with zero attached hydrogens (tertiary/aromatic N) is 3. The maximum Gasteiger partial charge on any atom is 0.251 e. The van der Waals surface area contributed by atoms with Gasteiger partial charge in [0.05, 0.1) is 36.3 Å². The predicted molar refractivity (Wildman–Crippen MR) is 190 cm³/mol. The van der Waals surface area contributed by atoms with E-state index in [-0.39, 0.29) is 36.1 Å². The number of methoxy groups -OCH3 is 1. The molecule has 1 spiro atoms. The number of aliphatic hydroxyl groups excluding tert-OH is 1. The van der Waals surface area contributed by atoms with Crippen LogP contribution < -0.4 is 9.64 Å². The first-order valence-corrected chi connectivity index (χ1v) is 17.4. The van der Waals surface area contributed by atoms with Crippen molar-refractivity contribution in [2.75, 3.05) is 31.7 Å². The molecule has 0 aromatic heterocycles. The molecule has 0 radical (unpaired) electrons. The summed E-state index contributed by atoms with van der Waals surface area (Å²) < 4.78 is 4.54. The second-order valence-corrected chi connectivity index (χ2v) is 14.4. The van der Waals surface area contributed by atoms with E-state index in [1.54, 1.807) is 57.9 Å². The first-order chi connectivity index (χ1) is 23.4. The number of benzene rings is 3. The number of hydrogen-bond acceptors (Lipinski definition) is 6. The van der Waals surface area contributed by atoms with E-state index >= 15 is 4.79 Å². The van der Waals surface area contributed by atoms with E-state index in [2.05, 4.69) is 13.2 Å². The Labute approximate surface area is 287 Å². The molecule has 3 aliphatic heterocycles. The summed E-state index contributed by atoms with van der Waals surface area (Å²) in [5.74, 6) is -1.19. The minimum atomic E-state index is -0.882. The third-order valence-electron chi connectivity index (χ3n) is 10.0. The van der Waals surface area contributed by atoms with Crippen molar-refractivity contribution in [1.29, 1.82) is 0 Å². The van der Waals surface area contributed by atoms with Crippen LogP contribution in [0.2, 0.25) is 0 Å². The molecule has 1 N–H and O–H groups in total. The number of fused-ring (bicyclic) bond motifs is 1. The van der Waals surface area contributed by atoms with Crippen molar-refractivity contribution in [3.8, 4) is 5.75 Å². The van der Waals surface area contributed by atoms with E-state index in [0.717, 1.165) is 17.5 Å². The van der Waals surface area contributed by atoms with Gasteiger partial charge in [-0.1, -0.05) is 72.8 Å². The Balaban J connectivity index is 1.41. The third-order valence-corrected chi connectivity index (χ3v) is 12.0. The Kier molecular flexibility index (Phi) is 10.1. The highest BCUT2D eigenvalue weighted by Crippen LogP contribution is 2.67. The number of hydrogen-bond donors (Lipinski definition) is 1. The summed E-state index contributed by atoms with van der Waals surface area (Å²) in [4.78, 5) is 49.6. The van der Waals surface area contributed by atoms with Crippen molar-refractivity contribution in [1.82, 2.24) is 9.80 Å². The second kappa shape index (κ2) is 14.4. The molecular formula is C39H43N3O5S. The van der Waals surface area contributed by atoms with Crippen molar-refractivity contribution in [2.45, 2.75) is 47.9 Å². The molecular weight excluding hydrogens is 623 g/mol. The van der Waals surface area contributed by atoms with Gasteiger partial charge >= 0.3 is 0 Å². The van der Waals surface area contributed by atoms with Crippen LogP contribution in [0.1, 0.15) is 24.0 Å². The zero-order chi connectivity index (χ0) is 33.8. The molecule has 250 valence electrons. The molecule has 9 heteroatoms. The molecule has 2 bridgehead atoms. The molecule has 3 saturated heterocycles. The largest absolute Gasteiger partial charge is 0.497 e. The lowest BCUT2D eigenvalue weighted by atomic mass is 9.70. The Bertz CT molecular complexity index is 1630. The standard InChI is InChI=1S/C39H43N3O5S/c1-4-22-40(25-28-14-10-7-11-15-28)36(44)33-32-20-21-39(48-32)34(33)37(45)42(30(26-43)24-27-12-8-6-9-13-27)35(39)38(46)41(23-5-2)29-16-18-31(47-3)19-17-29/h4-19,30,32-35,43H,1-2,20-26H2,3H3/t30-,32-,33+,34+,35?,39?/m1/s1. The van der Waals surface area contributed by atoms with Crippen LogP contribution in [-0.2, 0) is 27.3 Å². The quantitative estimate of drug-likeness (QED) is 0.241. The van der Waals surface area contributed by atoms with Gasteiger partial charge in [0, 0.05) is 30.6 Å². The molecule has 3 heterocycles. The molecule has 0 aliphatic carbocycles. The maximum absolute atomic E-state index is 15.0. The van der Waals surface area contributed by atoms with Gasteiger partial charge in [-0.2, -0.15) is 0 Å². The lowest BCUT2D eigenvalue weighted by molar-refractivity contribution is -0.145. The molecule has 3 amide bonds. The topological polar surface area (TPSA) is 90.4 Å². The summed E-state index contributed by atoms with van der Waals surface area (Å²) in [5.41, 5.74) is 2.60. The summed E-state index contributed by atoms with van der Waals surface area (Å²) in [6.07, 6.45) is 5.12. The Hall–Kier alpha value is -4.34. The van der Waals surface area contributed by atoms with Crippen molar-refractivity contribution in [2.24, 2.45) is 11.8 Å². The number of rotatable bonds is 14. The van der Waals surface area contributed by atoms with Gasteiger partial charge in [0.2, 0.25) is 11.8 Å². The predicted octanol–water partition coefficient (Wildman–Crippen LogP) is 5.12. The first-order valence-electron chi connectivity index (χ1n) is 16.5. The molecule has 3 fully saturated rings. The first kappa shape index (κ1) is 33.6. The zero-order valence-corrected chi connectivity index (χ0v) is 28.1. The van der Waals surface area contributed by atoms with E-state index in [1.807, 2.05) is 72.8 Å². The van der Waals surface area contributed by atoms with Gasteiger partial charge < -0.3 is 24.5 Å². The normalized spacial score (nSPS) is 24.5. The number of ether oxygens (including phenoxy) is 1. The molecule has 3 aromatic rings. The Morgan fingerprint density at radius 1 is 0.979 bits per heavy atom. The van der Waals surface area contributed by atoms with E-state index in [9.17, 15) is 14.7 Å². The summed E-state index contributed by atoms with van der Waals surface area (Å²) in [6, 6.07) is 25.2. The Morgan fingerprint density at radius 2 is 1.62 bits per heavy atom. The van der Waals surface area contributed by atoms with Crippen LogP contribution >= 0.6 is 11.8 Å². The molecule has 3 aliphatic rings. The molecule has 6 rings (SSSR count). The number of carbonyl (C=O) groups excluding carboxylic acids is 3. The van der Waals surface area contributed by atoms with Crippen LogP contribution in [0.25, 0.3) is 0 Å². The van der Waals surface area contributed by atoms with Gasteiger partial charge in [-0.05, 0) is 54.7 Å². The minimum absolute atomic E-state index is 0.0917. The second-order valence-electron chi connectivity index (χ2n) is 12.8. The fraction of sp³-hybridized carbons (Fsp3) is 0.359. The van der Waals surface area contributed by atoms with Crippen LogP contribution in [0.15, 0.2) is 110 Å². The van der Waals surface area contributed by atoms with Crippen LogP contribution in [0, 0.1) is 11.8 Å². The van der Waals surface area contributed by atoms with Crippen LogP contribution in [0.3, 0.4) is 0 Å². The lowest BCUT2D eigenvalue weighted by Gasteiger charge is -2.39. The van der Waals surface area contributed by atoms with Gasteiger partial charge in [-0.25, -0.2) is 0 Å². The van der Waals surface area contributed by atoms with Crippen molar-refractivity contribution in [3.05, 3.63) is 121 Å². The van der Waals surface area contributed by atoms with Crippen LogP contribution in [0.5, 0.6) is 5.75 Å². The number of carbonyl (C=O) groups is 3. The van der Waals surface area contributed by atoms with E-state index in [0.29, 0.717) is 37.4 Å². The molecule has 2 unspecified atom stereocenters. The number of aliphatic hydroxyl groups is 1. The van der Waals surface area contributed by atoms with E-state index < -0.39 is 28.7 Å². The smallest absolute Gasteiger partial charge is 0.251 e.